The summed E-state index contributed by atoms with van der Waals surface area (Å²) in [6.07, 6.45) is -0.750. The van der Waals surface area contributed by atoms with Crippen molar-refractivity contribution in [1.29, 1.82) is 0 Å². The van der Waals surface area contributed by atoms with Crippen molar-refractivity contribution in [2.75, 3.05) is 7.11 Å². The van der Waals surface area contributed by atoms with Crippen LogP contribution >= 0.6 is 8.38 Å². The first kappa shape index (κ1) is 28.3. The fourth-order valence-electron chi connectivity index (χ4n) is 3.67. The largest absolute Gasteiger partial charge is 0.370 e. The van der Waals surface area contributed by atoms with Gasteiger partial charge in [0.2, 0.25) is 8.38 Å². The normalized spacial score (nSPS) is 20.9. The van der Waals surface area contributed by atoms with E-state index in [1.54, 1.807) is 13.8 Å². The third-order valence-corrected chi connectivity index (χ3v) is 7.60. The molecule has 1 aromatic heterocycles. The number of hydrogen-bond donors (Lipinski definition) is 2. The van der Waals surface area contributed by atoms with Gasteiger partial charge in [-0.3, -0.25) is 18.9 Å². The number of methoxy groups -OCH3 is 1. The molecular formula is C26H35N2O7P. The van der Waals surface area contributed by atoms with Crippen LogP contribution in [0.2, 0.25) is 0 Å². The number of aromatic amines is 1. The zero-order valence-electron chi connectivity index (χ0n) is 22.0. The number of nitrogens with zero attached hydrogens (tertiary/aromatic N) is 1. The molecule has 1 fully saturated rings. The molecule has 9 nitrogen and oxygen atoms in total. The number of nitrogens with one attached hydrogen (secondary N) is 1. The second-order valence-electron chi connectivity index (χ2n) is 9.66. The van der Waals surface area contributed by atoms with Crippen molar-refractivity contribution < 1.29 is 23.6 Å². The summed E-state index contributed by atoms with van der Waals surface area (Å²) in [7, 11) is -0.545. The van der Waals surface area contributed by atoms with Crippen molar-refractivity contribution >= 4 is 8.38 Å². The van der Waals surface area contributed by atoms with Crippen LogP contribution < -0.4 is 11.2 Å². The van der Waals surface area contributed by atoms with Crippen molar-refractivity contribution in [2.24, 2.45) is 0 Å². The van der Waals surface area contributed by atoms with Gasteiger partial charge in [-0.15, -0.1) is 0 Å². The van der Waals surface area contributed by atoms with E-state index in [9.17, 15) is 14.5 Å². The van der Waals surface area contributed by atoms with E-state index in [1.807, 2.05) is 46.8 Å². The Hall–Kier alpha value is -2.31. The molecule has 0 spiro atoms. The first-order chi connectivity index (χ1) is 16.8. The van der Waals surface area contributed by atoms with Gasteiger partial charge >= 0.3 is 5.69 Å². The summed E-state index contributed by atoms with van der Waals surface area (Å²) < 4.78 is 24.3. The van der Waals surface area contributed by atoms with Crippen LogP contribution in [0.25, 0.3) is 0 Å². The highest BCUT2D eigenvalue weighted by atomic mass is 31.2. The van der Waals surface area contributed by atoms with Crippen LogP contribution in [0, 0.1) is 32.6 Å². The monoisotopic (exact) mass is 518 g/mol. The summed E-state index contributed by atoms with van der Waals surface area (Å²) in [6.45, 7) is 13.2. The lowest BCUT2D eigenvalue weighted by molar-refractivity contribution is -0.149. The van der Waals surface area contributed by atoms with Gasteiger partial charge in [0.25, 0.3) is 5.56 Å². The number of aryl methyl sites for hydroxylation is 3. The molecule has 2 heterocycles. The van der Waals surface area contributed by atoms with Crippen LogP contribution in [0.4, 0.5) is 0 Å². The van der Waals surface area contributed by atoms with E-state index in [-0.39, 0.29) is 18.1 Å². The molecule has 0 amide bonds. The predicted octanol–water partition coefficient (Wildman–Crippen LogP) is 3.60. The van der Waals surface area contributed by atoms with Crippen LogP contribution in [0.5, 0.6) is 0 Å². The summed E-state index contributed by atoms with van der Waals surface area (Å²) in [5.74, 6) is 5.95. The first-order valence-electron chi connectivity index (χ1n) is 11.8. The Balaban J connectivity index is 1.92. The fraction of sp³-hybridized carbons (Fsp3) is 0.538. The molecule has 1 aliphatic rings. The average Bonchev–Trinajstić information content (AvgIpc) is 3.17. The third-order valence-electron chi connectivity index (χ3n) is 6.09. The quantitative estimate of drug-likeness (QED) is 0.426. The molecule has 196 valence electrons. The number of rotatable bonds is 7. The minimum Gasteiger partial charge on any atom is -0.370 e. The molecule has 1 aromatic carbocycles. The molecule has 2 aromatic rings. The molecule has 4 unspecified atom stereocenters. The average molecular weight is 519 g/mol. The molecule has 2 N–H and O–H groups in total. The summed E-state index contributed by atoms with van der Waals surface area (Å²) in [4.78, 5) is 38.1. The number of ether oxygens (including phenoxy) is 3. The van der Waals surface area contributed by atoms with Gasteiger partial charge in [0.1, 0.15) is 23.2 Å². The molecule has 1 saturated heterocycles. The Morgan fingerprint density at radius 3 is 2.42 bits per heavy atom. The van der Waals surface area contributed by atoms with Crippen molar-refractivity contribution in [2.45, 2.75) is 85.0 Å². The molecule has 3 rings (SSSR count). The maximum absolute atomic E-state index is 12.7. The van der Waals surface area contributed by atoms with Gasteiger partial charge < -0.3 is 19.1 Å². The van der Waals surface area contributed by atoms with Crippen molar-refractivity contribution in [3.05, 3.63) is 67.0 Å². The standard InChI is InChI=1S/C26H35N2O7P/c1-15(2)33-21-13-22(34-24(21)35-36(31)26(6,7)32-8)28-14-20(23(29)27-25(28)30)10-9-19-12-17(4)16(3)11-18(19)5/h11-12,14-15,21-22,24,31H,13H2,1-8H3,(H,27,29,30). The Bertz CT molecular complexity index is 1270. The summed E-state index contributed by atoms with van der Waals surface area (Å²) in [6, 6.07) is 4.03. The first-order valence-corrected chi connectivity index (χ1v) is 13.0. The minimum absolute atomic E-state index is 0.131. The van der Waals surface area contributed by atoms with Crippen LogP contribution in [0.3, 0.4) is 0 Å². The Morgan fingerprint density at radius 1 is 1.14 bits per heavy atom. The zero-order valence-corrected chi connectivity index (χ0v) is 22.9. The van der Waals surface area contributed by atoms with Gasteiger partial charge in [-0.1, -0.05) is 17.9 Å². The second-order valence-corrected chi connectivity index (χ2v) is 11.5. The topological polar surface area (TPSA) is 112 Å². The molecule has 36 heavy (non-hydrogen) atoms. The van der Waals surface area contributed by atoms with Crippen molar-refractivity contribution in [3.8, 4) is 11.8 Å². The molecule has 0 aliphatic carbocycles. The lowest BCUT2D eigenvalue weighted by Gasteiger charge is -2.31. The summed E-state index contributed by atoms with van der Waals surface area (Å²) >= 11 is 0. The maximum atomic E-state index is 12.7. The smallest absolute Gasteiger partial charge is 0.330 e. The number of benzene rings is 1. The Kier molecular flexibility index (Phi) is 8.94. The van der Waals surface area contributed by atoms with E-state index >= 15 is 0 Å². The minimum atomic E-state index is -2.03. The second kappa shape index (κ2) is 11.4. The van der Waals surface area contributed by atoms with Gasteiger partial charge in [-0.2, -0.15) is 0 Å². The van der Waals surface area contributed by atoms with Gasteiger partial charge in [0, 0.05) is 25.3 Å². The Labute approximate surface area is 212 Å². The van der Waals surface area contributed by atoms with Gasteiger partial charge in [0.05, 0.1) is 6.10 Å². The van der Waals surface area contributed by atoms with Gasteiger partial charge in [-0.25, -0.2) is 4.79 Å². The van der Waals surface area contributed by atoms with Crippen molar-refractivity contribution in [3.63, 3.8) is 0 Å². The molecule has 4 atom stereocenters. The summed E-state index contributed by atoms with van der Waals surface area (Å²) in [5.41, 5.74) is 3.00. The van der Waals surface area contributed by atoms with E-state index in [1.165, 1.54) is 23.4 Å². The van der Waals surface area contributed by atoms with Gasteiger partial charge in [0.15, 0.2) is 6.29 Å². The van der Waals surface area contributed by atoms with E-state index < -0.39 is 43.6 Å². The number of hydrogen-bond acceptors (Lipinski definition) is 7. The highest BCUT2D eigenvalue weighted by Gasteiger charge is 2.43. The SMILES string of the molecule is COC(C)(C)P(O)OC1OC(n2cc(C#Cc3cc(C)c(C)cc3C)c(=O)[nH]c2=O)CC1OC(C)C. The van der Waals surface area contributed by atoms with E-state index in [4.69, 9.17) is 18.7 Å². The van der Waals surface area contributed by atoms with E-state index in [0.717, 1.165) is 16.7 Å². The van der Waals surface area contributed by atoms with Crippen LogP contribution in [-0.2, 0) is 18.7 Å². The Morgan fingerprint density at radius 2 is 1.78 bits per heavy atom. The summed E-state index contributed by atoms with van der Waals surface area (Å²) in [5, 5.41) is -0.927. The van der Waals surface area contributed by atoms with Crippen LogP contribution in [0.15, 0.2) is 27.9 Å². The lowest BCUT2D eigenvalue weighted by atomic mass is 10.0. The van der Waals surface area contributed by atoms with E-state index in [0.29, 0.717) is 0 Å². The molecular weight excluding hydrogens is 483 g/mol. The molecule has 10 heteroatoms. The maximum Gasteiger partial charge on any atom is 0.330 e. The van der Waals surface area contributed by atoms with Crippen LogP contribution in [0.1, 0.15) is 68.2 Å². The molecule has 0 bridgehead atoms. The number of aromatic nitrogens is 2. The molecule has 0 radical (unpaired) electrons. The lowest BCUT2D eigenvalue weighted by Crippen LogP contribution is -2.33. The van der Waals surface area contributed by atoms with Crippen molar-refractivity contribution in [1.82, 2.24) is 9.55 Å². The predicted molar refractivity (Wildman–Crippen MR) is 138 cm³/mol. The van der Waals surface area contributed by atoms with Crippen LogP contribution in [-0.4, -0.2) is 45.4 Å². The fourth-order valence-corrected chi connectivity index (χ4v) is 4.46. The third kappa shape index (κ3) is 6.51. The molecule has 0 saturated carbocycles. The highest BCUT2D eigenvalue weighted by Crippen LogP contribution is 2.50. The highest BCUT2D eigenvalue weighted by molar-refractivity contribution is 7.47. The van der Waals surface area contributed by atoms with Gasteiger partial charge in [-0.05, 0) is 71.2 Å². The zero-order chi connectivity index (χ0) is 26.8. The van der Waals surface area contributed by atoms with E-state index in [2.05, 4.69) is 16.8 Å². The molecule has 1 aliphatic heterocycles. The number of H-pyrrole nitrogens is 1.